The van der Waals surface area contributed by atoms with Crippen LogP contribution in [0.3, 0.4) is 0 Å². The predicted octanol–water partition coefficient (Wildman–Crippen LogP) is 3.52. The molecule has 2 aliphatic rings. The topological polar surface area (TPSA) is 77.2 Å². The fourth-order valence-corrected chi connectivity index (χ4v) is 5.22. The molecule has 1 aromatic carbocycles. The number of carbonyl (C=O) groups excluding carboxylic acids is 1. The molecule has 0 unspecified atom stereocenters. The zero-order chi connectivity index (χ0) is 22.3. The van der Waals surface area contributed by atoms with E-state index in [1.165, 1.54) is 30.2 Å². The molecule has 2 aromatic heterocycles. The van der Waals surface area contributed by atoms with Gasteiger partial charge in [-0.3, -0.25) is 9.69 Å². The number of likely N-dealkylation sites (N-methyl/N-ethyl adjacent to an activating group) is 1. The van der Waals surface area contributed by atoms with E-state index in [-0.39, 0.29) is 11.6 Å². The molecule has 0 radical (unpaired) electrons. The molecule has 168 valence electrons. The molecule has 0 bridgehead atoms. The molecule has 0 atom stereocenters. The number of anilines is 2. The number of piperidine rings is 1. The number of nitrogens with zero attached hydrogens (tertiary/aromatic N) is 4. The third-order valence-electron chi connectivity index (χ3n) is 7.16. The third-order valence-corrected chi connectivity index (χ3v) is 7.16. The van der Waals surface area contributed by atoms with Crippen LogP contribution in [0.1, 0.15) is 36.9 Å². The summed E-state index contributed by atoms with van der Waals surface area (Å²) in [6.07, 6.45) is 7.37. The molecule has 8 heteroatoms. The molecule has 1 amide bonds. The van der Waals surface area contributed by atoms with E-state index in [0.29, 0.717) is 25.9 Å². The quantitative estimate of drug-likeness (QED) is 0.655. The molecule has 1 saturated heterocycles. The summed E-state index contributed by atoms with van der Waals surface area (Å²) in [5, 5.41) is 3.95. The second-order valence-electron chi connectivity index (χ2n) is 9.06. The Morgan fingerprint density at radius 2 is 1.91 bits per heavy atom. The van der Waals surface area contributed by atoms with E-state index in [0.717, 1.165) is 29.7 Å². The van der Waals surface area contributed by atoms with Crippen molar-refractivity contribution >= 4 is 28.4 Å². The lowest BCUT2D eigenvalue weighted by molar-refractivity contribution is -0.128. The van der Waals surface area contributed by atoms with Crippen LogP contribution in [0.15, 0.2) is 30.6 Å². The number of H-pyrrole nitrogens is 1. The summed E-state index contributed by atoms with van der Waals surface area (Å²) in [6, 6.07) is 6.30. The molecule has 1 aliphatic carbocycles. The number of nitrogens with one attached hydrogen (secondary N) is 2. The predicted molar refractivity (Wildman–Crippen MR) is 123 cm³/mol. The molecule has 5 rings (SSSR count). The number of hydrogen-bond acceptors (Lipinski definition) is 5. The molecular formula is C24H29FN6O. The van der Waals surface area contributed by atoms with E-state index in [9.17, 15) is 9.18 Å². The van der Waals surface area contributed by atoms with Crippen LogP contribution in [0.4, 0.5) is 15.9 Å². The van der Waals surface area contributed by atoms with E-state index in [1.54, 1.807) is 24.5 Å². The van der Waals surface area contributed by atoms with Gasteiger partial charge in [0.15, 0.2) is 0 Å². The summed E-state index contributed by atoms with van der Waals surface area (Å²) < 4.78 is 14.1. The number of benzene rings is 1. The second kappa shape index (κ2) is 8.16. The molecule has 1 aliphatic heterocycles. The molecule has 0 spiro atoms. The van der Waals surface area contributed by atoms with Crippen LogP contribution in [0.2, 0.25) is 0 Å². The van der Waals surface area contributed by atoms with Gasteiger partial charge >= 0.3 is 0 Å². The SMILES string of the molecule is CN(C)C1(C(=O)Nc2ccccc2F)CCN(c2ncnc3[nH]c4c(c23)CCCC4)CC1. The maximum atomic E-state index is 14.1. The average molecular weight is 437 g/mol. The van der Waals surface area contributed by atoms with Crippen LogP contribution in [-0.2, 0) is 17.6 Å². The number of rotatable bonds is 4. The van der Waals surface area contributed by atoms with Crippen molar-refractivity contribution in [2.75, 3.05) is 37.4 Å². The van der Waals surface area contributed by atoms with Crippen LogP contribution in [-0.4, -0.2) is 58.5 Å². The molecule has 7 nitrogen and oxygen atoms in total. The van der Waals surface area contributed by atoms with Gasteiger partial charge in [0.25, 0.3) is 0 Å². The first-order valence-electron chi connectivity index (χ1n) is 11.3. The third kappa shape index (κ3) is 3.43. The van der Waals surface area contributed by atoms with Gasteiger partial charge in [0, 0.05) is 18.8 Å². The summed E-state index contributed by atoms with van der Waals surface area (Å²) in [5.74, 6) is 0.364. The van der Waals surface area contributed by atoms with Gasteiger partial charge in [-0.25, -0.2) is 14.4 Å². The zero-order valence-corrected chi connectivity index (χ0v) is 18.6. The monoisotopic (exact) mass is 436 g/mol. The van der Waals surface area contributed by atoms with E-state index in [1.807, 2.05) is 19.0 Å². The Labute approximate surface area is 187 Å². The largest absolute Gasteiger partial charge is 0.356 e. The standard InChI is InChI=1S/C24H29FN6O/c1-30(2)24(23(32)29-19-10-6-4-8-17(19)25)11-13-31(14-12-24)22-20-16-7-3-5-9-18(16)28-21(20)26-15-27-22/h4,6,8,10,15H,3,5,7,9,11-14H2,1-2H3,(H,29,32)(H,26,27,28). The van der Waals surface area contributed by atoms with Gasteiger partial charge in [-0.1, -0.05) is 12.1 Å². The molecule has 0 saturated carbocycles. The fraction of sp³-hybridized carbons (Fsp3) is 0.458. The van der Waals surface area contributed by atoms with Crippen molar-refractivity contribution in [3.8, 4) is 0 Å². The number of amides is 1. The van der Waals surface area contributed by atoms with Gasteiger partial charge in [-0.15, -0.1) is 0 Å². The van der Waals surface area contributed by atoms with Crippen LogP contribution < -0.4 is 10.2 Å². The van der Waals surface area contributed by atoms with Gasteiger partial charge in [0.2, 0.25) is 5.91 Å². The smallest absolute Gasteiger partial charge is 0.245 e. The summed E-state index contributed by atoms with van der Waals surface area (Å²) in [4.78, 5) is 30.2. The first kappa shape index (κ1) is 20.9. The Morgan fingerprint density at radius 3 is 2.66 bits per heavy atom. The fourth-order valence-electron chi connectivity index (χ4n) is 5.22. The molecule has 32 heavy (non-hydrogen) atoms. The highest BCUT2D eigenvalue weighted by Gasteiger charge is 2.44. The molecule has 1 fully saturated rings. The minimum Gasteiger partial charge on any atom is -0.356 e. The summed E-state index contributed by atoms with van der Waals surface area (Å²) in [6.45, 7) is 1.38. The number of fused-ring (bicyclic) bond motifs is 3. The second-order valence-corrected chi connectivity index (χ2v) is 9.06. The van der Waals surface area contributed by atoms with Crippen molar-refractivity contribution in [3.63, 3.8) is 0 Å². The van der Waals surface area contributed by atoms with Crippen LogP contribution >= 0.6 is 0 Å². The summed E-state index contributed by atoms with van der Waals surface area (Å²) >= 11 is 0. The lowest BCUT2D eigenvalue weighted by Crippen LogP contribution is -2.59. The van der Waals surface area contributed by atoms with Gasteiger partial charge in [-0.05, 0) is 70.3 Å². The maximum absolute atomic E-state index is 14.1. The van der Waals surface area contributed by atoms with Gasteiger partial charge in [-0.2, -0.15) is 0 Å². The molecular weight excluding hydrogens is 407 g/mol. The molecule has 3 heterocycles. The highest BCUT2D eigenvalue weighted by atomic mass is 19.1. The number of aromatic nitrogens is 3. The Kier molecular flexibility index (Phi) is 5.33. The van der Waals surface area contributed by atoms with E-state index >= 15 is 0 Å². The number of hydrogen-bond donors (Lipinski definition) is 2. The van der Waals surface area contributed by atoms with Crippen molar-refractivity contribution in [2.45, 2.75) is 44.1 Å². The first-order chi connectivity index (χ1) is 15.5. The van der Waals surface area contributed by atoms with Gasteiger partial charge < -0.3 is 15.2 Å². The Hall–Kier alpha value is -3.00. The Balaban J connectivity index is 1.40. The minimum atomic E-state index is -0.706. The van der Waals surface area contributed by atoms with Crippen molar-refractivity contribution < 1.29 is 9.18 Å². The highest BCUT2D eigenvalue weighted by molar-refractivity contribution is 5.98. The number of carbonyl (C=O) groups is 1. The lowest BCUT2D eigenvalue weighted by Gasteiger charge is -2.45. The van der Waals surface area contributed by atoms with Crippen molar-refractivity contribution in [1.82, 2.24) is 19.9 Å². The van der Waals surface area contributed by atoms with Gasteiger partial charge in [0.1, 0.15) is 29.1 Å². The normalized spacial score (nSPS) is 18.1. The molecule has 3 aromatic rings. The lowest BCUT2D eigenvalue weighted by atomic mass is 9.85. The average Bonchev–Trinajstić information content (AvgIpc) is 3.19. The van der Waals surface area contributed by atoms with Gasteiger partial charge in [0.05, 0.1) is 11.1 Å². The minimum absolute atomic E-state index is 0.167. The number of aryl methyl sites for hydroxylation is 2. The van der Waals surface area contributed by atoms with E-state index in [2.05, 4.69) is 25.2 Å². The first-order valence-corrected chi connectivity index (χ1v) is 11.3. The Morgan fingerprint density at radius 1 is 1.16 bits per heavy atom. The number of halogens is 1. The van der Waals surface area contributed by atoms with E-state index < -0.39 is 11.4 Å². The zero-order valence-electron chi connectivity index (χ0n) is 18.6. The highest BCUT2D eigenvalue weighted by Crippen LogP contribution is 2.37. The van der Waals surface area contributed by atoms with Crippen LogP contribution in [0.5, 0.6) is 0 Å². The maximum Gasteiger partial charge on any atom is 0.245 e. The van der Waals surface area contributed by atoms with Crippen molar-refractivity contribution in [2.24, 2.45) is 0 Å². The molecule has 2 N–H and O–H groups in total. The number of para-hydroxylation sites is 1. The summed E-state index contributed by atoms with van der Waals surface area (Å²) in [7, 11) is 3.84. The summed E-state index contributed by atoms with van der Waals surface area (Å²) in [5.41, 5.74) is 3.06. The van der Waals surface area contributed by atoms with E-state index in [4.69, 9.17) is 0 Å². The number of aromatic amines is 1. The van der Waals surface area contributed by atoms with Crippen molar-refractivity contribution in [1.29, 1.82) is 0 Å². The van der Waals surface area contributed by atoms with Crippen LogP contribution in [0, 0.1) is 5.82 Å². The van der Waals surface area contributed by atoms with Crippen molar-refractivity contribution in [3.05, 3.63) is 47.7 Å². The van der Waals surface area contributed by atoms with Crippen LogP contribution in [0.25, 0.3) is 11.0 Å². The Bertz CT molecular complexity index is 1150.